The second kappa shape index (κ2) is 5.32. The van der Waals surface area contributed by atoms with E-state index in [0.717, 1.165) is 17.6 Å². The van der Waals surface area contributed by atoms with Crippen LogP contribution in [0.5, 0.6) is 0 Å². The molecule has 1 aliphatic rings. The van der Waals surface area contributed by atoms with Crippen LogP contribution < -0.4 is 5.73 Å². The third-order valence-electron chi connectivity index (χ3n) is 4.35. The number of nitrogens with zero attached hydrogens (tertiary/aromatic N) is 3. The highest BCUT2D eigenvalue weighted by molar-refractivity contribution is 5.84. The molecule has 2 heterocycles. The summed E-state index contributed by atoms with van der Waals surface area (Å²) in [6.07, 6.45) is 2.90. The summed E-state index contributed by atoms with van der Waals surface area (Å²) in [5.41, 5.74) is 10.6. The number of rotatable bonds is 4. The number of imidazole rings is 1. The summed E-state index contributed by atoms with van der Waals surface area (Å²) < 4.78 is 1.97. The minimum absolute atomic E-state index is 0.132. The van der Waals surface area contributed by atoms with Crippen LogP contribution in [0.25, 0.3) is 16.6 Å². The Bertz CT molecular complexity index is 730. The predicted octanol–water partition coefficient (Wildman–Crippen LogP) is 2.31. The molecular weight excluding hydrogens is 276 g/mol. The van der Waals surface area contributed by atoms with Gasteiger partial charge < -0.3 is 20.3 Å². The van der Waals surface area contributed by atoms with Gasteiger partial charge in [0, 0.05) is 38.4 Å². The number of nitrogens with two attached hydrogens (primary N) is 1. The Labute approximate surface area is 131 Å². The van der Waals surface area contributed by atoms with E-state index >= 15 is 0 Å². The van der Waals surface area contributed by atoms with E-state index in [9.17, 15) is 0 Å². The SMILES string of the molecule is CN1C=C(c2ccc3c(c2)nc(N)n3CCCO)C(C)(C)C1. The first-order valence-corrected chi connectivity index (χ1v) is 7.72. The summed E-state index contributed by atoms with van der Waals surface area (Å²) >= 11 is 0. The molecule has 1 aliphatic heterocycles. The quantitative estimate of drug-likeness (QED) is 0.909. The number of aliphatic hydroxyl groups excluding tert-OH is 1. The zero-order valence-electron chi connectivity index (χ0n) is 13.5. The van der Waals surface area contributed by atoms with Crippen LogP contribution in [-0.4, -0.2) is 39.8 Å². The lowest BCUT2D eigenvalue weighted by Crippen LogP contribution is -2.20. The molecule has 0 radical (unpaired) electrons. The highest BCUT2D eigenvalue weighted by Gasteiger charge is 2.31. The minimum atomic E-state index is 0.132. The monoisotopic (exact) mass is 300 g/mol. The summed E-state index contributed by atoms with van der Waals surface area (Å²) in [5, 5.41) is 9.01. The van der Waals surface area contributed by atoms with E-state index in [1.807, 2.05) is 4.57 Å². The van der Waals surface area contributed by atoms with Gasteiger partial charge in [0.05, 0.1) is 11.0 Å². The summed E-state index contributed by atoms with van der Waals surface area (Å²) in [5.74, 6) is 0.511. The molecule has 0 aliphatic carbocycles. The normalized spacial score (nSPS) is 17.3. The fourth-order valence-electron chi connectivity index (χ4n) is 3.39. The lowest BCUT2D eigenvalue weighted by molar-refractivity contribution is 0.281. The van der Waals surface area contributed by atoms with Gasteiger partial charge in [-0.1, -0.05) is 19.9 Å². The zero-order chi connectivity index (χ0) is 15.9. The van der Waals surface area contributed by atoms with Crippen LogP contribution in [-0.2, 0) is 6.54 Å². The van der Waals surface area contributed by atoms with Crippen LogP contribution in [0, 0.1) is 5.41 Å². The number of aromatic nitrogens is 2. The van der Waals surface area contributed by atoms with Crippen molar-refractivity contribution in [2.75, 3.05) is 25.9 Å². The molecule has 0 unspecified atom stereocenters. The van der Waals surface area contributed by atoms with Crippen molar-refractivity contribution in [3.05, 3.63) is 30.0 Å². The molecule has 3 rings (SSSR count). The third kappa shape index (κ3) is 2.46. The molecule has 22 heavy (non-hydrogen) atoms. The fourth-order valence-corrected chi connectivity index (χ4v) is 3.39. The van der Waals surface area contributed by atoms with Crippen molar-refractivity contribution in [3.63, 3.8) is 0 Å². The van der Waals surface area contributed by atoms with Gasteiger partial charge in [-0.2, -0.15) is 0 Å². The fraction of sp³-hybridized carbons (Fsp3) is 0.471. The first-order valence-electron chi connectivity index (χ1n) is 7.72. The summed E-state index contributed by atoms with van der Waals surface area (Å²) in [4.78, 5) is 6.71. The Morgan fingerprint density at radius 1 is 1.36 bits per heavy atom. The Balaban J connectivity index is 2.03. The number of aliphatic hydroxyl groups is 1. The second-order valence-corrected chi connectivity index (χ2v) is 6.74. The number of hydrogen-bond donors (Lipinski definition) is 2. The largest absolute Gasteiger partial charge is 0.396 e. The van der Waals surface area contributed by atoms with E-state index in [0.29, 0.717) is 18.9 Å². The first-order chi connectivity index (χ1) is 10.4. The van der Waals surface area contributed by atoms with E-state index in [2.05, 4.69) is 55.2 Å². The third-order valence-corrected chi connectivity index (χ3v) is 4.35. The predicted molar refractivity (Wildman–Crippen MR) is 90.2 cm³/mol. The summed E-state index contributed by atoms with van der Waals surface area (Å²) in [6.45, 7) is 6.40. The van der Waals surface area contributed by atoms with Gasteiger partial charge in [-0.15, -0.1) is 0 Å². The number of anilines is 1. The van der Waals surface area contributed by atoms with Crippen LogP contribution in [0.4, 0.5) is 5.95 Å². The highest BCUT2D eigenvalue weighted by Crippen LogP contribution is 2.40. The van der Waals surface area contributed by atoms with Gasteiger partial charge in [0.25, 0.3) is 0 Å². The molecule has 3 N–H and O–H groups in total. The molecule has 1 aromatic heterocycles. The van der Waals surface area contributed by atoms with E-state index in [-0.39, 0.29) is 12.0 Å². The van der Waals surface area contributed by atoms with E-state index in [1.165, 1.54) is 11.1 Å². The highest BCUT2D eigenvalue weighted by atomic mass is 16.3. The molecule has 0 fully saturated rings. The number of benzene rings is 1. The maximum absolute atomic E-state index is 9.01. The number of fused-ring (bicyclic) bond motifs is 1. The van der Waals surface area contributed by atoms with E-state index < -0.39 is 0 Å². The van der Waals surface area contributed by atoms with Gasteiger partial charge in [0.1, 0.15) is 0 Å². The average molecular weight is 300 g/mol. The number of hydrogen-bond acceptors (Lipinski definition) is 4. The van der Waals surface area contributed by atoms with Gasteiger partial charge in [0.2, 0.25) is 5.95 Å². The molecule has 0 atom stereocenters. The summed E-state index contributed by atoms with van der Waals surface area (Å²) in [6, 6.07) is 6.35. The average Bonchev–Trinajstić information content (AvgIpc) is 2.90. The summed E-state index contributed by atoms with van der Waals surface area (Å²) in [7, 11) is 2.11. The second-order valence-electron chi connectivity index (χ2n) is 6.74. The van der Waals surface area contributed by atoms with Crippen molar-refractivity contribution < 1.29 is 5.11 Å². The van der Waals surface area contributed by atoms with Crippen molar-refractivity contribution in [2.24, 2.45) is 5.41 Å². The van der Waals surface area contributed by atoms with E-state index in [4.69, 9.17) is 10.8 Å². The van der Waals surface area contributed by atoms with Gasteiger partial charge >= 0.3 is 0 Å². The molecule has 0 saturated heterocycles. The number of aryl methyl sites for hydroxylation is 1. The van der Waals surface area contributed by atoms with E-state index in [1.54, 1.807) is 0 Å². The molecular formula is C17H24N4O. The standard InChI is InChI=1S/C17H24N4O/c1-17(2)11-20(3)10-13(17)12-5-6-15-14(9-12)19-16(18)21(15)7-4-8-22/h5-6,9-10,22H,4,7-8,11H2,1-3H3,(H2,18,19). The van der Waals surface area contributed by atoms with Crippen LogP contribution in [0.2, 0.25) is 0 Å². The molecule has 118 valence electrons. The van der Waals surface area contributed by atoms with Crippen molar-refractivity contribution in [1.29, 1.82) is 0 Å². The number of nitrogen functional groups attached to an aromatic ring is 1. The Morgan fingerprint density at radius 2 is 2.14 bits per heavy atom. The Morgan fingerprint density at radius 3 is 2.77 bits per heavy atom. The molecule has 2 aromatic rings. The Kier molecular flexibility index (Phi) is 3.60. The van der Waals surface area contributed by atoms with Crippen LogP contribution in [0.1, 0.15) is 25.8 Å². The van der Waals surface area contributed by atoms with Gasteiger partial charge in [-0.25, -0.2) is 4.98 Å². The smallest absolute Gasteiger partial charge is 0.201 e. The minimum Gasteiger partial charge on any atom is -0.396 e. The van der Waals surface area contributed by atoms with Gasteiger partial charge in [-0.3, -0.25) is 0 Å². The van der Waals surface area contributed by atoms with Crippen LogP contribution >= 0.6 is 0 Å². The molecule has 0 saturated carbocycles. The van der Waals surface area contributed by atoms with Crippen LogP contribution in [0.3, 0.4) is 0 Å². The van der Waals surface area contributed by atoms with Crippen molar-refractivity contribution in [1.82, 2.24) is 14.5 Å². The molecule has 0 spiro atoms. The zero-order valence-corrected chi connectivity index (χ0v) is 13.5. The molecule has 1 aromatic carbocycles. The molecule has 0 bridgehead atoms. The first kappa shape index (κ1) is 14.9. The van der Waals surface area contributed by atoms with Crippen molar-refractivity contribution >= 4 is 22.6 Å². The lowest BCUT2D eigenvalue weighted by Gasteiger charge is -2.23. The van der Waals surface area contributed by atoms with Crippen molar-refractivity contribution in [3.8, 4) is 0 Å². The Hall–Kier alpha value is -2.01. The topological polar surface area (TPSA) is 67.3 Å². The maximum Gasteiger partial charge on any atom is 0.201 e. The van der Waals surface area contributed by atoms with Crippen LogP contribution in [0.15, 0.2) is 24.4 Å². The van der Waals surface area contributed by atoms with Crippen molar-refractivity contribution in [2.45, 2.75) is 26.8 Å². The van der Waals surface area contributed by atoms with Gasteiger partial charge in [-0.05, 0) is 29.7 Å². The van der Waals surface area contributed by atoms with Gasteiger partial charge in [0.15, 0.2) is 0 Å². The molecule has 5 heteroatoms. The lowest BCUT2D eigenvalue weighted by atomic mass is 9.83. The molecule has 0 amide bonds. The molecule has 5 nitrogen and oxygen atoms in total. The maximum atomic E-state index is 9.01.